The average Bonchev–Trinajstić information content (AvgIpc) is 2.60. The number of nitrogens with zero attached hydrogens (tertiary/aromatic N) is 2. The van der Waals surface area contributed by atoms with Gasteiger partial charge in [0.2, 0.25) is 5.91 Å². The van der Waals surface area contributed by atoms with E-state index in [0.717, 1.165) is 13.0 Å². The third-order valence-electron chi connectivity index (χ3n) is 3.09. The smallest absolute Gasteiger partial charge is 0.251 e. The first-order chi connectivity index (χ1) is 9.04. The van der Waals surface area contributed by atoms with Crippen molar-refractivity contribution < 1.29 is 14.3 Å². The van der Waals surface area contributed by atoms with Gasteiger partial charge in [-0.3, -0.25) is 14.5 Å². The van der Waals surface area contributed by atoms with E-state index in [9.17, 15) is 9.59 Å². The first-order valence-electron chi connectivity index (χ1n) is 6.56. The van der Waals surface area contributed by atoms with Gasteiger partial charge in [-0.15, -0.1) is 6.58 Å². The topological polar surface area (TPSA) is 75.9 Å². The molecule has 19 heavy (non-hydrogen) atoms. The molecule has 6 nitrogen and oxygen atoms in total. The monoisotopic (exact) mass is 269 g/mol. The van der Waals surface area contributed by atoms with E-state index in [0.29, 0.717) is 26.2 Å². The molecule has 2 N–H and O–H groups in total. The maximum Gasteiger partial charge on any atom is 0.251 e. The minimum atomic E-state index is -0.458. The number of carbonyl (C=O) groups is 2. The Labute approximate surface area is 114 Å². The minimum Gasteiger partial charge on any atom is -0.369 e. The second-order valence-corrected chi connectivity index (χ2v) is 4.69. The average molecular weight is 269 g/mol. The first kappa shape index (κ1) is 15.7. The molecule has 2 amide bonds. The standard InChI is InChI=1S/C13H23N3O3/c1-3-9-19-11(2)13(18)16-6-4-5-15(7-8-16)10-12(14)17/h3,11H,1,4-10H2,2H3,(H2,14,17). The van der Waals surface area contributed by atoms with Crippen molar-refractivity contribution in [1.82, 2.24) is 9.80 Å². The van der Waals surface area contributed by atoms with E-state index in [2.05, 4.69) is 6.58 Å². The number of amides is 2. The fourth-order valence-electron chi connectivity index (χ4n) is 2.11. The summed E-state index contributed by atoms with van der Waals surface area (Å²) in [5, 5.41) is 0. The quantitative estimate of drug-likeness (QED) is 0.666. The second kappa shape index (κ2) is 7.91. The van der Waals surface area contributed by atoms with Crippen LogP contribution >= 0.6 is 0 Å². The lowest BCUT2D eigenvalue weighted by Gasteiger charge is -2.24. The molecule has 0 spiro atoms. The molecule has 1 atom stereocenters. The van der Waals surface area contributed by atoms with Gasteiger partial charge < -0.3 is 15.4 Å². The lowest BCUT2D eigenvalue weighted by molar-refractivity contribution is -0.141. The molecule has 1 heterocycles. The maximum atomic E-state index is 12.1. The molecule has 0 saturated carbocycles. The number of primary amides is 1. The van der Waals surface area contributed by atoms with E-state index < -0.39 is 6.10 Å². The molecular formula is C13H23N3O3. The summed E-state index contributed by atoms with van der Waals surface area (Å²) in [4.78, 5) is 26.8. The number of hydrogen-bond acceptors (Lipinski definition) is 4. The number of nitrogens with two attached hydrogens (primary N) is 1. The van der Waals surface area contributed by atoms with Gasteiger partial charge in [-0.2, -0.15) is 0 Å². The van der Waals surface area contributed by atoms with Crippen molar-refractivity contribution in [3.05, 3.63) is 12.7 Å². The van der Waals surface area contributed by atoms with Gasteiger partial charge in [-0.05, 0) is 13.3 Å². The molecule has 108 valence electrons. The fourth-order valence-corrected chi connectivity index (χ4v) is 2.11. The summed E-state index contributed by atoms with van der Waals surface area (Å²) in [6.07, 6.45) is 2.01. The molecule has 1 rings (SSSR count). The van der Waals surface area contributed by atoms with Gasteiger partial charge in [0.1, 0.15) is 6.10 Å². The number of rotatable bonds is 6. The molecule has 1 aliphatic rings. The molecule has 1 unspecified atom stereocenters. The van der Waals surface area contributed by atoms with Crippen LogP contribution in [0.2, 0.25) is 0 Å². The third-order valence-corrected chi connectivity index (χ3v) is 3.09. The van der Waals surface area contributed by atoms with E-state index in [-0.39, 0.29) is 18.4 Å². The molecule has 0 bridgehead atoms. The van der Waals surface area contributed by atoms with Crippen molar-refractivity contribution >= 4 is 11.8 Å². The van der Waals surface area contributed by atoms with Gasteiger partial charge in [0.15, 0.2) is 0 Å². The second-order valence-electron chi connectivity index (χ2n) is 4.69. The highest BCUT2D eigenvalue weighted by Crippen LogP contribution is 2.06. The van der Waals surface area contributed by atoms with Crippen LogP contribution < -0.4 is 5.73 Å². The molecule has 1 aliphatic heterocycles. The summed E-state index contributed by atoms with van der Waals surface area (Å²) < 4.78 is 5.34. The van der Waals surface area contributed by atoms with Crippen molar-refractivity contribution in [2.24, 2.45) is 5.73 Å². The van der Waals surface area contributed by atoms with Crippen LogP contribution in [-0.2, 0) is 14.3 Å². The van der Waals surface area contributed by atoms with Crippen molar-refractivity contribution in [3.63, 3.8) is 0 Å². The number of ether oxygens (including phenoxy) is 1. The van der Waals surface area contributed by atoms with Crippen LogP contribution in [0.3, 0.4) is 0 Å². The number of carbonyl (C=O) groups excluding carboxylic acids is 2. The molecule has 1 fully saturated rings. The highest BCUT2D eigenvalue weighted by atomic mass is 16.5. The SMILES string of the molecule is C=CCOC(C)C(=O)N1CCCN(CC(N)=O)CC1. The first-order valence-corrected chi connectivity index (χ1v) is 6.56. The van der Waals surface area contributed by atoms with Crippen molar-refractivity contribution in [2.75, 3.05) is 39.3 Å². The Hall–Kier alpha value is -1.40. The van der Waals surface area contributed by atoms with Crippen molar-refractivity contribution in [3.8, 4) is 0 Å². The predicted molar refractivity (Wildman–Crippen MR) is 72.4 cm³/mol. The van der Waals surface area contributed by atoms with Gasteiger partial charge >= 0.3 is 0 Å². The zero-order chi connectivity index (χ0) is 14.3. The van der Waals surface area contributed by atoms with Gasteiger partial charge in [-0.1, -0.05) is 6.08 Å². The van der Waals surface area contributed by atoms with Crippen LogP contribution in [0, 0.1) is 0 Å². The molecule has 0 aromatic carbocycles. The Morgan fingerprint density at radius 2 is 2.11 bits per heavy atom. The maximum absolute atomic E-state index is 12.1. The van der Waals surface area contributed by atoms with Crippen molar-refractivity contribution in [1.29, 1.82) is 0 Å². The molecule has 6 heteroatoms. The summed E-state index contributed by atoms with van der Waals surface area (Å²) in [6, 6.07) is 0. The fraction of sp³-hybridized carbons (Fsp3) is 0.692. The van der Waals surface area contributed by atoms with Crippen LogP contribution in [0.4, 0.5) is 0 Å². The van der Waals surface area contributed by atoms with E-state index in [1.165, 1.54) is 0 Å². The Kier molecular flexibility index (Phi) is 6.52. The largest absolute Gasteiger partial charge is 0.369 e. The van der Waals surface area contributed by atoms with Crippen molar-refractivity contribution in [2.45, 2.75) is 19.4 Å². The van der Waals surface area contributed by atoms with Crippen LogP contribution in [0.5, 0.6) is 0 Å². The van der Waals surface area contributed by atoms with E-state index in [4.69, 9.17) is 10.5 Å². The molecule has 0 radical (unpaired) electrons. The Balaban J connectivity index is 2.45. The van der Waals surface area contributed by atoms with Crippen LogP contribution in [0.25, 0.3) is 0 Å². The summed E-state index contributed by atoms with van der Waals surface area (Å²) in [5.74, 6) is -0.342. The molecular weight excluding hydrogens is 246 g/mol. The highest BCUT2D eigenvalue weighted by molar-refractivity contribution is 5.80. The summed E-state index contributed by atoms with van der Waals surface area (Å²) in [7, 11) is 0. The van der Waals surface area contributed by atoms with Gasteiger partial charge in [0.25, 0.3) is 5.91 Å². The molecule has 0 aromatic heterocycles. The highest BCUT2D eigenvalue weighted by Gasteiger charge is 2.23. The Morgan fingerprint density at radius 1 is 1.37 bits per heavy atom. The van der Waals surface area contributed by atoms with Gasteiger partial charge in [-0.25, -0.2) is 0 Å². The summed E-state index contributed by atoms with van der Waals surface area (Å²) in [6.45, 7) is 8.68. The Morgan fingerprint density at radius 3 is 2.74 bits per heavy atom. The van der Waals surface area contributed by atoms with Crippen LogP contribution in [0.15, 0.2) is 12.7 Å². The normalized spacial score (nSPS) is 18.7. The van der Waals surface area contributed by atoms with E-state index in [1.54, 1.807) is 17.9 Å². The summed E-state index contributed by atoms with van der Waals surface area (Å²) >= 11 is 0. The zero-order valence-electron chi connectivity index (χ0n) is 11.5. The van der Waals surface area contributed by atoms with Gasteiger partial charge in [0, 0.05) is 26.2 Å². The minimum absolute atomic E-state index is 0.0113. The predicted octanol–water partition coefficient (Wildman–Crippen LogP) is -0.403. The van der Waals surface area contributed by atoms with E-state index in [1.807, 2.05) is 4.90 Å². The van der Waals surface area contributed by atoms with Gasteiger partial charge in [0.05, 0.1) is 13.2 Å². The number of hydrogen-bond donors (Lipinski definition) is 1. The Bertz CT molecular complexity index is 333. The zero-order valence-corrected chi connectivity index (χ0v) is 11.5. The van der Waals surface area contributed by atoms with Crippen LogP contribution in [0.1, 0.15) is 13.3 Å². The lowest BCUT2D eigenvalue weighted by atomic mass is 10.3. The van der Waals surface area contributed by atoms with Crippen LogP contribution in [-0.4, -0.2) is 67.0 Å². The van der Waals surface area contributed by atoms with E-state index >= 15 is 0 Å². The summed E-state index contributed by atoms with van der Waals surface area (Å²) in [5.41, 5.74) is 5.18. The molecule has 0 aliphatic carbocycles. The molecule has 0 aromatic rings. The molecule has 1 saturated heterocycles. The third kappa shape index (κ3) is 5.40. The lowest BCUT2D eigenvalue weighted by Crippen LogP contribution is -2.42.